The summed E-state index contributed by atoms with van der Waals surface area (Å²) >= 11 is 0. The highest BCUT2D eigenvalue weighted by atomic mass is 16.1. The molecule has 29 heavy (non-hydrogen) atoms. The maximum absolute atomic E-state index is 12.8. The molecule has 1 aliphatic rings. The Morgan fingerprint density at radius 1 is 0.897 bits per heavy atom. The van der Waals surface area contributed by atoms with E-state index >= 15 is 0 Å². The zero-order valence-electron chi connectivity index (χ0n) is 16.9. The van der Waals surface area contributed by atoms with Crippen LogP contribution in [-0.4, -0.2) is 60.0 Å². The van der Waals surface area contributed by atoms with E-state index in [4.69, 9.17) is 0 Å². The van der Waals surface area contributed by atoms with Gasteiger partial charge in [0.15, 0.2) is 0 Å². The number of benzene rings is 2. The summed E-state index contributed by atoms with van der Waals surface area (Å²) in [6, 6.07) is 22.4. The second kappa shape index (κ2) is 9.07. The quantitative estimate of drug-likeness (QED) is 0.705. The summed E-state index contributed by atoms with van der Waals surface area (Å²) in [5.74, 6) is -0.0286. The molecule has 0 radical (unpaired) electrons. The Balaban J connectivity index is 1.43. The zero-order chi connectivity index (χ0) is 20.1. The molecule has 1 fully saturated rings. The third kappa shape index (κ3) is 4.75. The fourth-order valence-corrected chi connectivity index (χ4v) is 3.85. The number of aromatic nitrogens is 1. The smallest absolute Gasteiger partial charge is 0.251 e. The monoisotopic (exact) mass is 388 g/mol. The number of nitrogens with zero attached hydrogens (tertiary/aromatic N) is 3. The molecule has 5 nitrogen and oxygen atoms in total. The first-order valence-electron chi connectivity index (χ1n) is 10.2. The Labute approximate surface area is 172 Å². The van der Waals surface area contributed by atoms with Gasteiger partial charge >= 0.3 is 0 Å². The standard InChI is InChI=1S/C24H28N4O/c1-26-15-17-28(18-16-26)23(20-7-3-2-4-8-20)19-25-24(29)21-9-11-22(12-10-21)27-13-5-6-14-27/h2-14,23H,15-19H2,1H3,(H,25,29). The van der Waals surface area contributed by atoms with Gasteiger partial charge in [-0.2, -0.15) is 0 Å². The van der Waals surface area contributed by atoms with Crippen LogP contribution >= 0.6 is 0 Å². The maximum atomic E-state index is 12.8. The van der Waals surface area contributed by atoms with Gasteiger partial charge in [-0.3, -0.25) is 9.69 Å². The maximum Gasteiger partial charge on any atom is 0.251 e. The van der Waals surface area contributed by atoms with Crippen molar-refractivity contribution in [3.63, 3.8) is 0 Å². The van der Waals surface area contributed by atoms with Crippen molar-refractivity contribution < 1.29 is 4.79 Å². The van der Waals surface area contributed by atoms with Gasteiger partial charge < -0.3 is 14.8 Å². The lowest BCUT2D eigenvalue weighted by molar-refractivity contribution is 0.0886. The van der Waals surface area contributed by atoms with Crippen LogP contribution in [0.3, 0.4) is 0 Å². The first-order chi connectivity index (χ1) is 14.2. The van der Waals surface area contributed by atoms with Crippen molar-refractivity contribution in [3.05, 3.63) is 90.3 Å². The molecule has 1 N–H and O–H groups in total. The summed E-state index contributed by atoms with van der Waals surface area (Å²) in [5.41, 5.74) is 2.98. The van der Waals surface area contributed by atoms with Crippen LogP contribution in [0.1, 0.15) is 22.0 Å². The Bertz CT molecular complexity index is 898. The van der Waals surface area contributed by atoms with E-state index in [0.29, 0.717) is 12.1 Å². The van der Waals surface area contributed by atoms with E-state index in [0.717, 1.165) is 31.9 Å². The van der Waals surface area contributed by atoms with Gasteiger partial charge in [-0.15, -0.1) is 0 Å². The second-order valence-electron chi connectivity index (χ2n) is 7.61. The number of piperazine rings is 1. The topological polar surface area (TPSA) is 40.5 Å². The van der Waals surface area contributed by atoms with Crippen LogP contribution < -0.4 is 5.32 Å². The second-order valence-corrected chi connectivity index (χ2v) is 7.61. The molecule has 3 aromatic rings. The summed E-state index contributed by atoms with van der Waals surface area (Å²) in [6.45, 7) is 4.73. The number of hydrogen-bond acceptors (Lipinski definition) is 3. The van der Waals surface area contributed by atoms with Crippen LogP contribution in [0.15, 0.2) is 79.1 Å². The van der Waals surface area contributed by atoms with E-state index in [1.54, 1.807) is 0 Å². The van der Waals surface area contributed by atoms with Crippen molar-refractivity contribution in [2.75, 3.05) is 39.8 Å². The highest BCUT2D eigenvalue weighted by molar-refractivity contribution is 5.94. The van der Waals surface area contributed by atoms with Crippen molar-refractivity contribution >= 4 is 5.91 Å². The number of carbonyl (C=O) groups excluding carboxylic acids is 1. The lowest BCUT2D eigenvalue weighted by atomic mass is 10.0. The molecule has 1 saturated heterocycles. The Hall–Kier alpha value is -2.89. The minimum Gasteiger partial charge on any atom is -0.350 e. The molecule has 1 amide bonds. The number of nitrogens with one attached hydrogen (secondary N) is 1. The molecule has 1 aromatic heterocycles. The molecule has 1 atom stereocenters. The highest BCUT2D eigenvalue weighted by Crippen LogP contribution is 2.21. The van der Waals surface area contributed by atoms with Gasteiger partial charge in [0.25, 0.3) is 5.91 Å². The van der Waals surface area contributed by atoms with Crippen LogP contribution in [-0.2, 0) is 0 Å². The predicted molar refractivity (Wildman–Crippen MR) is 116 cm³/mol. The molecule has 0 spiro atoms. The first-order valence-corrected chi connectivity index (χ1v) is 10.2. The molecule has 1 aliphatic heterocycles. The van der Waals surface area contributed by atoms with E-state index in [-0.39, 0.29) is 11.9 Å². The summed E-state index contributed by atoms with van der Waals surface area (Å²) in [6.07, 6.45) is 3.99. The first kappa shape index (κ1) is 19.4. The minimum absolute atomic E-state index is 0.0286. The molecular weight excluding hydrogens is 360 g/mol. The summed E-state index contributed by atoms with van der Waals surface area (Å²) in [5, 5.41) is 3.16. The Morgan fingerprint density at radius 3 is 2.21 bits per heavy atom. The number of amides is 1. The normalized spacial score (nSPS) is 16.4. The Kier molecular flexibility index (Phi) is 6.08. The fraction of sp³-hybridized carbons (Fsp3) is 0.292. The van der Waals surface area contributed by atoms with Gasteiger partial charge in [0.05, 0.1) is 6.04 Å². The molecule has 150 valence electrons. The van der Waals surface area contributed by atoms with E-state index in [2.05, 4.69) is 46.4 Å². The van der Waals surface area contributed by atoms with Crippen LogP contribution in [0.4, 0.5) is 0 Å². The number of rotatable bonds is 6. The average Bonchev–Trinajstić information content (AvgIpc) is 3.31. The van der Waals surface area contributed by atoms with Crippen molar-refractivity contribution in [2.45, 2.75) is 6.04 Å². The highest BCUT2D eigenvalue weighted by Gasteiger charge is 2.24. The molecule has 2 heterocycles. The van der Waals surface area contributed by atoms with Gasteiger partial charge in [0.1, 0.15) is 0 Å². The van der Waals surface area contributed by atoms with Crippen molar-refractivity contribution in [2.24, 2.45) is 0 Å². The lowest BCUT2D eigenvalue weighted by Gasteiger charge is -2.38. The van der Waals surface area contributed by atoms with Crippen molar-refractivity contribution in [1.82, 2.24) is 19.7 Å². The fourth-order valence-electron chi connectivity index (χ4n) is 3.85. The van der Waals surface area contributed by atoms with E-state index in [1.807, 2.05) is 59.4 Å². The van der Waals surface area contributed by atoms with Gasteiger partial charge in [-0.25, -0.2) is 0 Å². The van der Waals surface area contributed by atoms with Crippen LogP contribution in [0, 0.1) is 0 Å². The largest absolute Gasteiger partial charge is 0.350 e. The molecule has 0 saturated carbocycles. The SMILES string of the molecule is CN1CCN(C(CNC(=O)c2ccc(-n3cccc3)cc2)c2ccccc2)CC1. The predicted octanol–water partition coefficient (Wildman–Crippen LogP) is 3.20. The summed E-state index contributed by atoms with van der Waals surface area (Å²) in [7, 11) is 2.16. The number of likely N-dealkylation sites (N-methyl/N-ethyl adjacent to an activating group) is 1. The van der Waals surface area contributed by atoms with E-state index < -0.39 is 0 Å². The molecule has 5 heteroatoms. The Morgan fingerprint density at radius 2 is 1.55 bits per heavy atom. The van der Waals surface area contributed by atoms with Gasteiger partial charge in [-0.05, 0) is 49.0 Å². The molecule has 0 bridgehead atoms. The van der Waals surface area contributed by atoms with Crippen LogP contribution in [0.5, 0.6) is 0 Å². The van der Waals surface area contributed by atoms with Gasteiger partial charge in [0, 0.05) is 56.4 Å². The van der Waals surface area contributed by atoms with Crippen LogP contribution in [0.25, 0.3) is 5.69 Å². The minimum atomic E-state index is -0.0286. The number of hydrogen-bond donors (Lipinski definition) is 1. The van der Waals surface area contributed by atoms with Gasteiger partial charge in [0.2, 0.25) is 0 Å². The van der Waals surface area contributed by atoms with E-state index in [1.165, 1.54) is 5.56 Å². The molecule has 1 unspecified atom stereocenters. The zero-order valence-corrected chi connectivity index (χ0v) is 16.9. The lowest BCUT2D eigenvalue weighted by Crippen LogP contribution is -2.48. The van der Waals surface area contributed by atoms with Crippen molar-refractivity contribution in [3.8, 4) is 5.69 Å². The van der Waals surface area contributed by atoms with Crippen LogP contribution in [0.2, 0.25) is 0 Å². The molecule has 0 aliphatic carbocycles. The molecular formula is C24H28N4O. The molecule has 2 aromatic carbocycles. The number of carbonyl (C=O) groups is 1. The van der Waals surface area contributed by atoms with Crippen molar-refractivity contribution in [1.29, 1.82) is 0 Å². The summed E-state index contributed by atoms with van der Waals surface area (Å²) in [4.78, 5) is 17.6. The van der Waals surface area contributed by atoms with Gasteiger partial charge in [-0.1, -0.05) is 30.3 Å². The van der Waals surface area contributed by atoms with E-state index in [9.17, 15) is 4.79 Å². The molecule has 4 rings (SSSR count). The third-order valence-electron chi connectivity index (χ3n) is 5.65. The average molecular weight is 389 g/mol. The third-order valence-corrected chi connectivity index (χ3v) is 5.65. The summed E-state index contributed by atoms with van der Waals surface area (Å²) < 4.78 is 2.03.